The summed E-state index contributed by atoms with van der Waals surface area (Å²) >= 11 is 0. The van der Waals surface area contributed by atoms with E-state index in [4.69, 9.17) is 14.2 Å². The fraction of sp³-hybridized carbons (Fsp3) is 0.231. The van der Waals surface area contributed by atoms with Gasteiger partial charge >= 0.3 is 0 Å². The number of carbonyl (C=O) groups is 1. The predicted octanol–water partition coefficient (Wildman–Crippen LogP) is 3.63. The smallest absolute Gasteiger partial charge is 0.277 e. The number of ether oxygens (including phenoxy) is 3. The van der Waals surface area contributed by atoms with Gasteiger partial charge in [0.2, 0.25) is 0 Å². The van der Waals surface area contributed by atoms with Gasteiger partial charge in [-0.2, -0.15) is 5.10 Å². The van der Waals surface area contributed by atoms with E-state index in [-0.39, 0.29) is 12.5 Å². The molecule has 1 amide bonds. The predicted molar refractivity (Wildman–Crippen MR) is 128 cm³/mol. The van der Waals surface area contributed by atoms with Crippen molar-refractivity contribution < 1.29 is 19.0 Å². The molecule has 1 aliphatic rings. The summed E-state index contributed by atoms with van der Waals surface area (Å²) in [5, 5.41) is 4.01. The lowest BCUT2D eigenvalue weighted by Crippen LogP contribution is -2.36. The Hall–Kier alpha value is -3.84. The number of nitrogens with one attached hydrogen (secondary N) is 1. The van der Waals surface area contributed by atoms with Crippen LogP contribution in [0.5, 0.6) is 11.5 Å². The van der Waals surface area contributed by atoms with E-state index < -0.39 is 0 Å². The first-order chi connectivity index (χ1) is 16.3. The largest absolute Gasteiger partial charge is 0.489 e. The number of nitrogens with zero attached hydrogens (tertiary/aromatic N) is 2. The number of amides is 1. The molecule has 170 valence electrons. The summed E-state index contributed by atoms with van der Waals surface area (Å²) in [4.78, 5) is 14.3. The molecular weight excluding hydrogens is 418 g/mol. The molecule has 1 saturated heterocycles. The van der Waals surface area contributed by atoms with Crippen LogP contribution in [-0.4, -0.2) is 45.0 Å². The molecule has 0 radical (unpaired) electrons. The topological polar surface area (TPSA) is 72.4 Å². The summed E-state index contributed by atoms with van der Waals surface area (Å²) in [6.07, 6.45) is 1.61. The third kappa shape index (κ3) is 7.08. The highest BCUT2D eigenvalue weighted by atomic mass is 16.5. The monoisotopic (exact) mass is 445 g/mol. The van der Waals surface area contributed by atoms with E-state index in [0.29, 0.717) is 12.4 Å². The summed E-state index contributed by atoms with van der Waals surface area (Å²) in [5.74, 6) is 0.986. The minimum Gasteiger partial charge on any atom is -0.489 e. The van der Waals surface area contributed by atoms with Gasteiger partial charge < -0.3 is 19.1 Å². The lowest BCUT2D eigenvalue weighted by atomic mass is 10.2. The number of carbonyl (C=O) groups excluding carboxylic acids is 1. The Kier molecular flexibility index (Phi) is 7.92. The van der Waals surface area contributed by atoms with E-state index in [1.165, 1.54) is 0 Å². The summed E-state index contributed by atoms with van der Waals surface area (Å²) < 4.78 is 16.6. The van der Waals surface area contributed by atoms with Crippen molar-refractivity contribution >= 4 is 17.8 Å². The van der Waals surface area contributed by atoms with Crippen LogP contribution in [0.25, 0.3) is 0 Å². The number of hydrogen-bond donors (Lipinski definition) is 1. The molecule has 33 heavy (non-hydrogen) atoms. The highest BCUT2D eigenvalue weighted by molar-refractivity contribution is 5.83. The van der Waals surface area contributed by atoms with Crippen molar-refractivity contribution in [3.05, 3.63) is 90.0 Å². The second-order valence-corrected chi connectivity index (χ2v) is 7.52. The van der Waals surface area contributed by atoms with Gasteiger partial charge in [-0.25, -0.2) is 5.43 Å². The van der Waals surface area contributed by atoms with Crippen molar-refractivity contribution in [1.29, 1.82) is 0 Å². The van der Waals surface area contributed by atoms with Crippen LogP contribution in [0.3, 0.4) is 0 Å². The van der Waals surface area contributed by atoms with Gasteiger partial charge in [0.15, 0.2) is 6.61 Å². The van der Waals surface area contributed by atoms with Gasteiger partial charge in [-0.1, -0.05) is 42.5 Å². The first-order valence-corrected chi connectivity index (χ1v) is 10.9. The highest BCUT2D eigenvalue weighted by Gasteiger charge is 2.10. The van der Waals surface area contributed by atoms with Crippen LogP contribution >= 0.6 is 0 Å². The Balaban J connectivity index is 1.17. The van der Waals surface area contributed by atoms with E-state index >= 15 is 0 Å². The van der Waals surface area contributed by atoms with Crippen LogP contribution < -0.4 is 19.8 Å². The maximum Gasteiger partial charge on any atom is 0.277 e. The summed E-state index contributed by atoms with van der Waals surface area (Å²) in [5.41, 5.74) is 5.64. The summed E-state index contributed by atoms with van der Waals surface area (Å²) in [6, 6.07) is 25.2. The van der Waals surface area contributed by atoms with Gasteiger partial charge in [-0.15, -0.1) is 0 Å². The third-order valence-corrected chi connectivity index (χ3v) is 5.11. The molecule has 0 aromatic heterocycles. The van der Waals surface area contributed by atoms with Crippen LogP contribution in [0.15, 0.2) is 84.0 Å². The van der Waals surface area contributed by atoms with Crippen molar-refractivity contribution in [1.82, 2.24) is 5.43 Å². The quantitative estimate of drug-likeness (QED) is 0.402. The molecule has 0 saturated carbocycles. The second kappa shape index (κ2) is 11.7. The average Bonchev–Trinajstić information content (AvgIpc) is 2.88. The molecule has 3 aromatic carbocycles. The molecule has 7 nitrogen and oxygen atoms in total. The van der Waals surface area contributed by atoms with Crippen LogP contribution in [0.1, 0.15) is 11.1 Å². The van der Waals surface area contributed by atoms with Gasteiger partial charge in [0, 0.05) is 18.8 Å². The zero-order valence-corrected chi connectivity index (χ0v) is 18.4. The van der Waals surface area contributed by atoms with Gasteiger partial charge in [-0.3, -0.25) is 4.79 Å². The Bertz CT molecular complexity index is 1030. The molecule has 0 bridgehead atoms. The first-order valence-electron chi connectivity index (χ1n) is 10.9. The van der Waals surface area contributed by atoms with E-state index in [1.54, 1.807) is 18.3 Å². The molecule has 1 aliphatic heterocycles. The number of rotatable bonds is 9. The molecule has 3 aromatic rings. The van der Waals surface area contributed by atoms with Crippen molar-refractivity contribution in [2.45, 2.75) is 6.61 Å². The highest BCUT2D eigenvalue weighted by Crippen LogP contribution is 2.19. The zero-order valence-electron chi connectivity index (χ0n) is 18.4. The van der Waals surface area contributed by atoms with E-state index in [2.05, 4.69) is 15.4 Å². The van der Waals surface area contributed by atoms with Crippen LogP contribution in [0.4, 0.5) is 5.69 Å². The maximum atomic E-state index is 12.0. The van der Waals surface area contributed by atoms with Gasteiger partial charge in [0.05, 0.1) is 19.4 Å². The maximum absolute atomic E-state index is 12.0. The van der Waals surface area contributed by atoms with Crippen molar-refractivity contribution in [2.24, 2.45) is 5.10 Å². The van der Waals surface area contributed by atoms with Gasteiger partial charge in [0.25, 0.3) is 5.91 Å². The lowest BCUT2D eigenvalue weighted by molar-refractivity contribution is -0.123. The van der Waals surface area contributed by atoms with Crippen LogP contribution in [-0.2, 0) is 16.1 Å². The zero-order chi connectivity index (χ0) is 22.7. The fourth-order valence-corrected chi connectivity index (χ4v) is 3.33. The molecule has 4 rings (SSSR count). The Morgan fingerprint density at radius 2 is 1.58 bits per heavy atom. The van der Waals surface area contributed by atoms with Gasteiger partial charge in [-0.05, 0) is 47.5 Å². The minimum atomic E-state index is -0.333. The van der Waals surface area contributed by atoms with Crippen molar-refractivity contribution in [2.75, 3.05) is 37.8 Å². The number of benzene rings is 3. The molecule has 0 aliphatic carbocycles. The Labute approximate surface area is 193 Å². The van der Waals surface area contributed by atoms with Gasteiger partial charge in [0.1, 0.15) is 18.1 Å². The average molecular weight is 446 g/mol. The van der Waals surface area contributed by atoms with Crippen molar-refractivity contribution in [3.63, 3.8) is 0 Å². The number of hydrogen-bond acceptors (Lipinski definition) is 6. The molecule has 0 spiro atoms. The number of hydrazone groups is 1. The molecule has 1 N–H and O–H groups in total. The molecule has 7 heteroatoms. The second-order valence-electron chi connectivity index (χ2n) is 7.52. The molecule has 1 heterocycles. The third-order valence-electron chi connectivity index (χ3n) is 5.11. The normalized spacial score (nSPS) is 13.6. The minimum absolute atomic E-state index is 0.127. The lowest BCUT2D eigenvalue weighted by Gasteiger charge is -2.28. The molecule has 1 fully saturated rings. The first kappa shape index (κ1) is 22.4. The SMILES string of the molecule is O=C(COc1ccc(OCc2ccccc2)cc1)N/N=C/c1ccc(N2CCOCC2)cc1. The number of anilines is 1. The standard InChI is InChI=1S/C26H27N3O4/c30-26(28-27-18-21-6-8-23(9-7-21)29-14-16-31-17-15-29)20-33-25-12-10-24(11-13-25)32-19-22-4-2-1-3-5-22/h1-13,18H,14-17,19-20H2,(H,28,30)/b27-18+. The molecule has 0 unspecified atom stereocenters. The van der Waals surface area contributed by atoms with Crippen molar-refractivity contribution in [3.8, 4) is 11.5 Å². The van der Waals surface area contributed by atoms with E-state index in [1.807, 2.05) is 66.7 Å². The Morgan fingerprint density at radius 3 is 2.27 bits per heavy atom. The van der Waals surface area contributed by atoms with Crippen LogP contribution in [0, 0.1) is 0 Å². The molecular formula is C26H27N3O4. The van der Waals surface area contributed by atoms with Crippen LogP contribution in [0.2, 0.25) is 0 Å². The Morgan fingerprint density at radius 1 is 0.909 bits per heavy atom. The van der Waals surface area contributed by atoms with E-state index in [0.717, 1.165) is 48.9 Å². The summed E-state index contributed by atoms with van der Waals surface area (Å²) in [6.45, 7) is 3.67. The number of morpholine rings is 1. The van der Waals surface area contributed by atoms with E-state index in [9.17, 15) is 4.79 Å². The fourth-order valence-electron chi connectivity index (χ4n) is 3.33. The molecule has 0 atom stereocenters. The summed E-state index contributed by atoms with van der Waals surface area (Å²) in [7, 11) is 0.